The topological polar surface area (TPSA) is 99.9 Å². The molecule has 0 atom stereocenters. The standard InChI is InChI=1S/C14H18N4O3/c1-4-5-9-11(14(20)21-3)8(2)16-12(9)13(19)17-10-6-7-15-18-10/h6-7,16H,4-5H2,1-3H3,(H2,15,17,18,19). The van der Waals surface area contributed by atoms with Gasteiger partial charge in [-0.25, -0.2) is 4.79 Å². The minimum Gasteiger partial charge on any atom is -0.465 e. The number of ether oxygens (including phenoxy) is 1. The molecule has 21 heavy (non-hydrogen) atoms. The number of hydrogen-bond acceptors (Lipinski definition) is 4. The number of aryl methyl sites for hydroxylation is 1. The number of hydrogen-bond donors (Lipinski definition) is 3. The first-order valence-electron chi connectivity index (χ1n) is 6.69. The Kier molecular flexibility index (Phi) is 4.42. The van der Waals surface area contributed by atoms with E-state index in [0.717, 1.165) is 6.42 Å². The molecule has 0 unspecified atom stereocenters. The van der Waals surface area contributed by atoms with E-state index < -0.39 is 5.97 Å². The molecule has 1 amide bonds. The molecule has 2 aromatic heterocycles. The molecule has 2 heterocycles. The molecule has 0 fully saturated rings. The first kappa shape index (κ1) is 14.8. The van der Waals surface area contributed by atoms with Gasteiger partial charge in [0.2, 0.25) is 0 Å². The summed E-state index contributed by atoms with van der Waals surface area (Å²) in [5.41, 5.74) is 2.12. The van der Waals surface area contributed by atoms with Gasteiger partial charge in [-0.15, -0.1) is 0 Å². The van der Waals surface area contributed by atoms with E-state index in [1.54, 1.807) is 19.2 Å². The highest BCUT2D eigenvalue weighted by Gasteiger charge is 2.24. The van der Waals surface area contributed by atoms with Crippen LogP contribution >= 0.6 is 0 Å². The van der Waals surface area contributed by atoms with E-state index in [9.17, 15) is 9.59 Å². The number of nitrogens with zero attached hydrogens (tertiary/aromatic N) is 1. The van der Waals surface area contributed by atoms with Crippen molar-refractivity contribution in [2.45, 2.75) is 26.7 Å². The Morgan fingerprint density at radius 2 is 2.19 bits per heavy atom. The molecule has 0 aromatic carbocycles. The molecular weight excluding hydrogens is 272 g/mol. The zero-order valence-electron chi connectivity index (χ0n) is 12.2. The molecule has 7 nitrogen and oxygen atoms in total. The molecule has 0 aliphatic carbocycles. The maximum absolute atomic E-state index is 12.3. The summed E-state index contributed by atoms with van der Waals surface area (Å²) in [6, 6.07) is 1.65. The molecule has 0 aliphatic rings. The molecular formula is C14H18N4O3. The normalized spacial score (nSPS) is 10.4. The zero-order chi connectivity index (χ0) is 15.4. The first-order chi connectivity index (χ1) is 10.1. The number of methoxy groups -OCH3 is 1. The van der Waals surface area contributed by atoms with Gasteiger partial charge >= 0.3 is 5.97 Å². The summed E-state index contributed by atoms with van der Waals surface area (Å²) in [7, 11) is 1.33. The number of rotatable bonds is 5. The summed E-state index contributed by atoms with van der Waals surface area (Å²) in [5.74, 6) is -0.261. The third kappa shape index (κ3) is 2.96. The number of aromatic amines is 2. The quantitative estimate of drug-likeness (QED) is 0.733. The molecule has 0 saturated heterocycles. The predicted molar refractivity (Wildman–Crippen MR) is 77.4 cm³/mol. The van der Waals surface area contributed by atoms with Crippen LogP contribution in [0.5, 0.6) is 0 Å². The van der Waals surface area contributed by atoms with Crippen molar-refractivity contribution in [1.29, 1.82) is 0 Å². The van der Waals surface area contributed by atoms with Gasteiger partial charge in [-0.2, -0.15) is 5.10 Å². The fourth-order valence-corrected chi connectivity index (χ4v) is 2.26. The monoisotopic (exact) mass is 290 g/mol. The van der Waals surface area contributed by atoms with Crippen LogP contribution in [-0.2, 0) is 11.2 Å². The van der Waals surface area contributed by atoms with Gasteiger partial charge in [0.25, 0.3) is 5.91 Å². The summed E-state index contributed by atoms with van der Waals surface area (Å²) in [6.45, 7) is 3.73. The van der Waals surface area contributed by atoms with Gasteiger partial charge in [0.1, 0.15) is 11.5 Å². The summed E-state index contributed by atoms with van der Waals surface area (Å²) in [6.07, 6.45) is 2.97. The van der Waals surface area contributed by atoms with Crippen LogP contribution in [0.3, 0.4) is 0 Å². The molecule has 2 rings (SSSR count). The summed E-state index contributed by atoms with van der Waals surface area (Å²) < 4.78 is 4.80. The van der Waals surface area contributed by atoms with Crippen molar-refractivity contribution in [3.8, 4) is 0 Å². The Bertz CT molecular complexity index is 643. The minimum absolute atomic E-state index is 0.319. The number of carbonyl (C=O) groups excluding carboxylic acids is 2. The van der Waals surface area contributed by atoms with Crippen LogP contribution in [0.15, 0.2) is 12.3 Å². The van der Waals surface area contributed by atoms with Gasteiger partial charge in [0.05, 0.1) is 18.9 Å². The molecule has 7 heteroatoms. The number of carbonyl (C=O) groups is 2. The van der Waals surface area contributed by atoms with Gasteiger partial charge < -0.3 is 15.0 Å². The third-order valence-corrected chi connectivity index (χ3v) is 3.16. The van der Waals surface area contributed by atoms with Crippen LogP contribution in [0.2, 0.25) is 0 Å². The smallest absolute Gasteiger partial charge is 0.339 e. The molecule has 0 aliphatic heterocycles. The zero-order valence-corrected chi connectivity index (χ0v) is 12.2. The molecule has 0 saturated carbocycles. The van der Waals surface area contributed by atoms with Crippen molar-refractivity contribution in [3.05, 3.63) is 34.8 Å². The van der Waals surface area contributed by atoms with Gasteiger partial charge in [-0.05, 0) is 18.9 Å². The van der Waals surface area contributed by atoms with Crippen molar-refractivity contribution < 1.29 is 14.3 Å². The first-order valence-corrected chi connectivity index (χ1v) is 6.69. The van der Waals surface area contributed by atoms with Crippen LogP contribution in [0.4, 0.5) is 5.82 Å². The van der Waals surface area contributed by atoms with Crippen LogP contribution in [-0.4, -0.2) is 34.2 Å². The number of nitrogens with one attached hydrogen (secondary N) is 3. The Morgan fingerprint density at radius 1 is 1.43 bits per heavy atom. The molecule has 0 radical (unpaired) electrons. The Balaban J connectivity index is 2.38. The van der Waals surface area contributed by atoms with Gasteiger partial charge in [-0.1, -0.05) is 13.3 Å². The second kappa shape index (κ2) is 6.25. The van der Waals surface area contributed by atoms with E-state index in [0.29, 0.717) is 34.8 Å². The van der Waals surface area contributed by atoms with Gasteiger partial charge in [0, 0.05) is 11.8 Å². The van der Waals surface area contributed by atoms with E-state index in [4.69, 9.17) is 4.74 Å². The highest BCUT2D eigenvalue weighted by atomic mass is 16.5. The Labute approximate surface area is 122 Å². The molecule has 2 aromatic rings. The summed E-state index contributed by atoms with van der Waals surface area (Å²) in [5, 5.41) is 9.12. The van der Waals surface area contributed by atoms with Crippen molar-refractivity contribution in [2.24, 2.45) is 0 Å². The fourth-order valence-electron chi connectivity index (χ4n) is 2.26. The van der Waals surface area contributed by atoms with E-state index >= 15 is 0 Å². The minimum atomic E-state index is -0.437. The Morgan fingerprint density at radius 3 is 2.76 bits per heavy atom. The van der Waals surface area contributed by atoms with Crippen LogP contribution in [0.1, 0.15) is 45.4 Å². The highest BCUT2D eigenvalue weighted by Crippen LogP contribution is 2.22. The lowest BCUT2D eigenvalue weighted by molar-refractivity contribution is 0.0599. The largest absolute Gasteiger partial charge is 0.465 e. The lowest BCUT2D eigenvalue weighted by Gasteiger charge is -2.05. The van der Waals surface area contributed by atoms with Gasteiger partial charge in [0.15, 0.2) is 0 Å². The number of aromatic nitrogens is 3. The number of anilines is 1. The van der Waals surface area contributed by atoms with Crippen molar-refractivity contribution in [2.75, 3.05) is 12.4 Å². The number of amides is 1. The van der Waals surface area contributed by atoms with Crippen molar-refractivity contribution >= 4 is 17.7 Å². The summed E-state index contributed by atoms with van der Waals surface area (Å²) in [4.78, 5) is 27.2. The molecule has 0 bridgehead atoms. The van der Waals surface area contributed by atoms with E-state index in [1.807, 2.05) is 6.92 Å². The van der Waals surface area contributed by atoms with Crippen LogP contribution < -0.4 is 5.32 Å². The number of esters is 1. The second-order valence-electron chi connectivity index (χ2n) is 4.64. The molecule has 0 spiro atoms. The van der Waals surface area contributed by atoms with Crippen LogP contribution in [0, 0.1) is 6.92 Å². The number of H-pyrrole nitrogens is 2. The molecule has 112 valence electrons. The van der Waals surface area contributed by atoms with E-state index in [1.165, 1.54) is 7.11 Å². The average molecular weight is 290 g/mol. The maximum atomic E-state index is 12.3. The van der Waals surface area contributed by atoms with Gasteiger partial charge in [-0.3, -0.25) is 9.89 Å². The fraction of sp³-hybridized carbons (Fsp3) is 0.357. The van der Waals surface area contributed by atoms with E-state index in [2.05, 4.69) is 20.5 Å². The van der Waals surface area contributed by atoms with E-state index in [-0.39, 0.29) is 5.91 Å². The molecule has 3 N–H and O–H groups in total. The Hall–Kier alpha value is -2.57. The average Bonchev–Trinajstić information content (AvgIpc) is 3.07. The maximum Gasteiger partial charge on any atom is 0.339 e. The lowest BCUT2D eigenvalue weighted by Crippen LogP contribution is -2.15. The van der Waals surface area contributed by atoms with Crippen molar-refractivity contribution in [1.82, 2.24) is 15.2 Å². The lowest BCUT2D eigenvalue weighted by atomic mass is 10.0. The predicted octanol–water partition coefficient (Wildman–Crippen LogP) is 2.04. The van der Waals surface area contributed by atoms with Crippen LogP contribution in [0.25, 0.3) is 0 Å². The van der Waals surface area contributed by atoms with Crippen molar-refractivity contribution in [3.63, 3.8) is 0 Å². The third-order valence-electron chi connectivity index (χ3n) is 3.16. The highest BCUT2D eigenvalue weighted by molar-refractivity contribution is 6.06. The second-order valence-corrected chi connectivity index (χ2v) is 4.64. The summed E-state index contributed by atoms with van der Waals surface area (Å²) >= 11 is 0. The SMILES string of the molecule is CCCc1c(C(=O)Nc2ccn[nH]2)[nH]c(C)c1C(=O)OC.